The Bertz CT molecular complexity index is 1620. The van der Waals surface area contributed by atoms with E-state index >= 15 is 0 Å². The molecule has 1 aliphatic rings. The number of amides is 2. The molecule has 232 valence electrons. The topological polar surface area (TPSA) is 180 Å². The van der Waals surface area contributed by atoms with E-state index in [2.05, 4.69) is 15.6 Å². The molecule has 0 spiro atoms. The van der Waals surface area contributed by atoms with Crippen LogP contribution in [0.3, 0.4) is 0 Å². The number of hydrogen-bond donors (Lipinski definition) is 5. The number of aliphatic hydroxyl groups excluding tert-OH is 2. The Labute approximate surface area is 254 Å². The van der Waals surface area contributed by atoms with Gasteiger partial charge in [0, 0.05) is 11.1 Å². The third-order valence-corrected chi connectivity index (χ3v) is 7.40. The standard InChI is InChI=1S/C32H36N4O8/c1-17(2)25(39)28(40)33-14-23(38)35-26(31(3,4)5)30-36-24(29-34-18(15-37)16-42-29)27(44-30)32(41)19-10-6-8-12-21(19)43-22-13-9-7-11-20(22)32/h6-13,16-17,25-26,37,39,41H,14-15H2,1-5H3,(H,33,40)(H,35,38)/t25-,26+/m0/s1. The maximum Gasteiger partial charge on any atom is 0.249 e. The summed E-state index contributed by atoms with van der Waals surface area (Å²) in [5.74, 6) is -0.718. The number of benzene rings is 2. The van der Waals surface area contributed by atoms with E-state index in [1.54, 1.807) is 62.4 Å². The van der Waals surface area contributed by atoms with Gasteiger partial charge in [0.05, 0.1) is 13.2 Å². The summed E-state index contributed by atoms with van der Waals surface area (Å²) in [5.41, 5.74) is -1.51. The number of rotatable bonds is 9. The molecule has 12 heteroatoms. The number of nitrogens with zero attached hydrogens (tertiary/aromatic N) is 2. The van der Waals surface area contributed by atoms with Crippen LogP contribution in [0.4, 0.5) is 0 Å². The highest BCUT2D eigenvalue weighted by atomic mass is 16.5. The molecule has 2 aromatic heterocycles. The summed E-state index contributed by atoms with van der Waals surface area (Å²) in [4.78, 5) is 34.4. The largest absolute Gasteiger partial charge is 0.457 e. The van der Waals surface area contributed by atoms with Gasteiger partial charge in [-0.1, -0.05) is 71.0 Å². The number of nitrogens with one attached hydrogen (secondary N) is 2. The van der Waals surface area contributed by atoms with Crippen molar-refractivity contribution in [2.45, 2.75) is 59.0 Å². The molecule has 2 atom stereocenters. The molecule has 0 fully saturated rings. The fourth-order valence-electron chi connectivity index (χ4n) is 4.99. The number of carbonyl (C=O) groups excluding carboxylic acids is 2. The van der Waals surface area contributed by atoms with Gasteiger partial charge >= 0.3 is 0 Å². The number of ether oxygens (including phenoxy) is 1. The van der Waals surface area contributed by atoms with Crippen molar-refractivity contribution in [3.05, 3.63) is 83.3 Å². The molecule has 4 aromatic rings. The zero-order chi connectivity index (χ0) is 31.8. The van der Waals surface area contributed by atoms with E-state index in [0.29, 0.717) is 22.6 Å². The second kappa shape index (κ2) is 11.9. The number of oxazole rings is 2. The number of para-hydroxylation sites is 2. The molecule has 0 radical (unpaired) electrons. The van der Waals surface area contributed by atoms with E-state index in [1.807, 2.05) is 20.8 Å². The summed E-state index contributed by atoms with van der Waals surface area (Å²) >= 11 is 0. The van der Waals surface area contributed by atoms with Gasteiger partial charge < -0.3 is 39.5 Å². The van der Waals surface area contributed by atoms with Crippen molar-refractivity contribution in [1.29, 1.82) is 0 Å². The number of aromatic nitrogens is 2. The molecule has 0 saturated heterocycles. The van der Waals surface area contributed by atoms with Crippen LogP contribution in [-0.2, 0) is 21.8 Å². The van der Waals surface area contributed by atoms with Gasteiger partial charge in [-0.3, -0.25) is 9.59 Å². The predicted molar refractivity (Wildman–Crippen MR) is 157 cm³/mol. The molecule has 2 amide bonds. The predicted octanol–water partition coefficient (Wildman–Crippen LogP) is 3.55. The lowest BCUT2D eigenvalue weighted by molar-refractivity contribution is -0.133. The van der Waals surface area contributed by atoms with E-state index in [-0.39, 0.29) is 41.5 Å². The molecule has 0 unspecified atom stereocenters. The lowest BCUT2D eigenvalue weighted by Crippen LogP contribution is -2.45. The molecule has 2 aromatic carbocycles. The Kier molecular flexibility index (Phi) is 8.34. The van der Waals surface area contributed by atoms with Crippen LogP contribution in [0.5, 0.6) is 11.5 Å². The summed E-state index contributed by atoms with van der Waals surface area (Å²) in [5, 5.41) is 37.7. The Morgan fingerprint density at radius 2 is 1.61 bits per heavy atom. The van der Waals surface area contributed by atoms with Crippen molar-refractivity contribution in [1.82, 2.24) is 20.6 Å². The third kappa shape index (κ3) is 5.71. The molecule has 5 rings (SSSR count). The highest BCUT2D eigenvalue weighted by Gasteiger charge is 2.49. The van der Waals surface area contributed by atoms with Crippen LogP contribution in [0.15, 0.2) is 63.6 Å². The van der Waals surface area contributed by atoms with Crippen LogP contribution in [0, 0.1) is 11.3 Å². The molecule has 1 aliphatic heterocycles. The smallest absolute Gasteiger partial charge is 0.249 e. The van der Waals surface area contributed by atoms with Gasteiger partial charge in [-0.15, -0.1) is 0 Å². The van der Waals surface area contributed by atoms with E-state index < -0.39 is 41.5 Å². The van der Waals surface area contributed by atoms with Crippen molar-refractivity contribution in [3.63, 3.8) is 0 Å². The summed E-state index contributed by atoms with van der Waals surface area (Å²) in [6, 6.07) is 13.1. The first-order chi connectivity index (χ1) is 20.8. The molecule has 12 nitrogen and oxygen atoms in total. The highest BCUT2D eigenvalue weighted by molar-refractivity contribution is 5.87. The van der Waals surface area contributed by atoms with E-state index in [1.165, 1.54) is 6.26 Å². The van der Waals surface area contributed by atoms with Crippen LogP contribution in [0.25, 0.3) is 11.6 Å². The maximum atomic E-state index is 13.1. The van der Waals surface area contributed by atoms with Gasteiger partial charge in [0.1, 0.15) is 35.6 Å². The van der Waals surface area contributed by atoms with Crippen molar-refractivity contribution in [2.24, 2.45) is 11.3 Å². The van der Waals surface area contributed by atoms with E-state index in [9.17, 15) is 24.9 Å². The van der Waals surface area contributed by atoms with Gasteiger partial charge in [0.2, 0.25) is 23.6 Å². The van der Waals surface area contributed by atoms with Crippen LogP contribution in [-0.4, -0.2) is 49.8 Å². The highest BCUT2D eigenvalue weighted by Crippen LogP contribution is 2.52. The molecule has 0 aliphatic carbocycles. The van der Waals surface area contributed by atoms with Gasteiger partial charge in [-0.2, -0.15) is 0 Å². The maximum absolute atomic E-state index is 13.1. The minimum atomic E-state index is -1.92. The summed E-state index contributed by atoms with van der Waals surface area (Å²) in [6.45, 7) is 8.21. The lowest BCUT2D eigenvalue weighted by atomic mass is 9.80. The van der Waals surface area contributed by atoms with Gasteiger partial charge in [-0.25, -0.2) is 9.97 Å². The van der Waals surface area contributed by atoms with Crippen LogP contribution in [0.2, 0.25) is 0 Å². The minimum Gasteiger partial charge on any atom is -0.457 e. The first kappa shape index (κ1) is 30.9. The summed E-state index contributed by atoms with van der Waals surface area (Å²) in [7, 11) is 0. The second-order valence-corrected chi connectivity index (χ2v) is 12.1. The summed E-state index contributed by atoms with van der Waals surface area (Å²) in [6.07, 6.45) is 0.0226. The lowest BCUT2D eigenvalue weighted by Gasteiger charge is -2.34. The summed E-state index contributed by atoms with van der Waals surface area (Å²) < 4.78 is 18.2. The zero-order valence-corrected chi connectivity index (χ0v) is 25.1. The van der Waals surface area contributed by atoms with E-state index in [4.69, 9.17) is 18.6 Å². The van der Waals surface area contributed by atoms with Crippen molar-refractivity contribution in [3.8, 4) is 23.1 Å². The molecule has 44 heavy (non-hydrogen) atoms. The second-order valence-electron chi connectivity index (χ2n) is 12.1. The Morgan fingerprint density at radius 1 is 1.00 bits per heavy atom. The fourth-order valence-corrected chi connectivity index (χ4v) is 4.99. The molecule has 0 saturated carbocycles. The van der Waals surface area contributed by atoms with Crippen molar-refractivity contribution >= 4 is 11.8 Å². The average Bonchev–Trinajstić information content (AvgIpc) is 3.65. The Hall–Kier alpha value is -4.52. The Morgan fingerprint density at radius 3 is 2.16 bits per heavy atom. The fraction of sp³-hybridized carbons (Fsp3) is 0.375. The SMILES string of the molecule is CC(C)[C@H](O)C(=O)NCC(=O)N[C@H](c1nc(-c2nc(CO)co2)c(C2(O)c3ccccc3Oc3ccccc32)o1)C(C)(C)C. The van der Waals surface area contributed by atoms with Gasteiger partial charge in [0.25, 0.3) is 0 Å². The molecular formula is C32H36N4O8. The van der Waals surface area contributed by atoms with Crippen molar-refractivity contribution in [2.75, 3.05) is 6.54 Å². The first-order valence-electron chi connectivity index (χ1n) is 14.3. The first-order valence-corrected chi connectivity index (χ1v) is 14.3. The number of aliphatic hydroxyl groups is 3. The number of carbonyl (C=O) groups is 2. The molecule has 3 heterocycles. The van der Waals surface area contributed by atoms with E-state index in [0.717, 1.165) is 0 Å². The zero-order valence-electron chi connectivity index (χ0n) is 25.1. The van der Waals surface area contributed by atoms with Crippen molar-refractivity contribution < 1.29 is 38.5 Å². The van der Waals surface area contributed by atoms with Crippen LogP contribution >= 0.6 is 0 Å². The Balaban J connectivity index is 1.62. The number of fused-ring (bicyclic) bond motifs is 2. The normalized spacial score (nSPS) is 15.1. The van der Waals surface area contributed by atoms with Gasteiger partial charge in [-0.05, 0) is 23.5 Å². The van der Waals surface area contributed by atoms with Gasteiger partial charge in [0.15, 0.2) is 17.1 Å². The average molecular weight is 605 g/mol. The monoisotopic (exact) mass is 604 g/mol. The third-order valence-electron chi connectivity index (χ3n) is 7.40. The molecular weight excluding hydrogens is 568 g/mol. The van der Waals surface area contributed by atoms with Crippen LogP contribution < -0.4 is 15.4 Å². The minimum absolute atomic E-state index is 0.0112. The molecule has 0 bridgehead atoms. The molecule has 5 N–H and O–H groups in total. The number of hydrogen-bond acceptors (Lipinski definition) is 10. The van der Waals surface area contributed by atoms with Crippen LogP contribution in [0.1, 0.15) is 69.1 Å². The quantitative estimate of drug-likeness (QED) is 0.190.